The number of carbonyl (C=O) groups is 1. The number of para-hydroxylation sites is 2. The van der Waals surface area contributed by atoms with Crippen LogP contribution in [0.15, 0.2) is 51.7 Å². The lowest BCUT2D eigenvalue weighted by Gasteiger charge is -2.12. The van der Waals surface area contributed by atoms with Crippen molar-refractivity contribution in [3.63, 3.8) is 0 Å². The molecule has 0 saturated carbocycles. The second-order valence-corrected chi connectivity index (χ2v) is 6.10. The third-order valence-corrected chi connectivity index (χ3v) is 4.02. The van der Waals surface area contributed by atoms with E-state index in [0.717, 1.165) is 15.5 Å². The van der Waals surface area contributed by atoms with Gasteiger partial charge in [-0.2, -0.15) is 0 Å². The largest absolute Gasteiger partial charge is 0.326 e. The summed E-state index contributed by atoms with van der Waals surface area (Å²) in [4.78, 5) is 28.6. The molecule has 0 aliphatic carbocycles. The number of fused-ring (bicyclic) bond motifs is 1. The summed E-state index contributed by atoms with van der Waals surface area (Å²) in [5, 5.41) is 2.75. The van der Waals surface area contributed by atoms with Gasteiger partial charge in [-0.15, -0.1) is 0 Å². The summed E-state index contributed by atoms with van der Waals surface area (Å²) in [6, 6.07) is 12.8. The molecule has 3 rings (SSSR count). The van der Waals surface area contributed by atoms with Crippen molar-refractivity contribution < 1.29 is 4.79 Å². The van der Waals surface area contributed by atoms with Crippen LogP contribution in [-0.2, 0) is 11.8 Å². The molecule has 1 N–H and O–H groups in total. The van der Waals surface area contributed by atoms with Gasteiger partial charge in [0.25, 0.3) is 5.56 Å². The number of rotatable bonds is 2. The Morgan fingerprint density at radius 2 is 1.96 bits per heavy atom. The molecule has 23 heavy (non-hydrogen) atoms. The second kappa shape index (κ2) is 5.96. The van der Waals surface area contributed by atoms with Crippen molar-refractivity contribution >= 4 is 38.6 Å². The van der Waals surface area contributed by atoms with Crippen molar-refractivity contribution in [2.75, 3.05) is 5.32 Å². The van der Waals surface area contributed by atoms with Crippen LogP contribution in [0.4, 0.5) is 5.69 Å². The van der Waals surface area contributed by atoms with Gasteiger partial charge in [0.05, 0.1) is 16.7 Å². The van der Waals surface area contributed by atoms with E-state index < -0.39 is 0 Å². The number of hydrogen-bond donors (Lipinski definition) is 1. The number of carbonyl (C=O) groups excluding carboxylic acids is 1. The number of nitrogens with zero attached hydrogens (tertiary/aromatic N) is 2. The summed E-state index contributed by atoms with van der Waals surface area (Å²) in [6.07, 6.45) is 0. The van der Waals surface area contributed by atoms with Gasteiger partial charge in [0.15, 0.2) is 0 Å². The Hall–Kier alpha value is -2.47. The molecule has 0 spiro atoms. The lowest BCUT2D eigenvalue weighted by Crippen LogP contribution is -2.21. The minimum atomic E-state index is -0.214. The number of aryl methyl sites for hydroxylation is 1. The van der Waals surface area contributed by atoms with E-state index in [2.05, 4.69) is 26.2 Å². The van der Waals surface area contributed by atoms with E-state index in [0.29, 0.717) is 16.9 Å². The smallest absolute Gasteiger partial charge is 0.277 e. The lowest BCUT2D eigenvalue weighted by atomic mass is 10.1. The molecular formula is C17H14BrN3O2. The minimum absolute atomic E-state index is 0.203. The zero-order valence-electron chi connectivity index (χ0n) is 12.6. The summed E-state index contributed by atoms with van der Waals surface area (Å²) >= 11 is 3.40. The summed E-state index contributed by atoms with van der Waals surface area (Å²) in [5.74, 6) is -0.203. The normalized spacial score (nSPS) is 10.7. The Kier molecular flexibility index (Phi) is 4.00. The third kappa shape index (κ3) is 2.90. The minimum Gasteiger partial charge on any atom is -0.326 e. The predicted octanol–water partition coefficient (Wildman–Crippen LogP) is 3.32. The van der Waals surface area contributed by atoms with E-state index in [4.69, 9.17) is 0 Å². The first-order valence-electron chi connectivity index (χ1n) is 7.00. The molecule has 1 heterocycles. The number of amides is 1. The molecule has 1 aromatic heterocycles. The zero-order valence-corrected chi connectivity index (χ0v) is 14.2. The fourth-order valence-electron chi connectivity index (χ4n) is 2.47. The average molecular weight is 372 g/mol. The number of halogens is 1. The van der Waals surface area contributed by atoms with Gasteiger partial charge in [0, 0.05) is 24.0 Å². The van der Waals surface area contributed by atoms with E-state index in [1.165, 1.54) is 6.92 Å². The van der Waals surface area contributed by atoms with Gasteiger partial charge in [-0.25, -0.2) is 4.98 Å². The Balaban J connectivity index is 2.33. The quantitative estimate of drug-likeness (QED) is 0.751. The fraction of sp³-hybridized carbons (Fsp3) is 0.118. The van der Waals surface area contributed by atoms with Crippen molar-refractivity contribution in [1.29, 1.82) is 0 Å². The molecule has 116 valence electrons. The van der Waals surface area contributed by atoms with Crippen molar-refractivity contribution in [3.05, 3.63) is 57.3 Å². The SMILES string of the molecule is CC(=O)Nc1ccc(Br)cc1-c1nc2ccccc2n(C)c1=O. The topological polar surface area (TPSA) is 64.0 Å². The van der Waals surface area contributed by atoms with Crippen LogP contribution in [0.25, 0.3) is 22.3 Å². The number of aromatic nitrogens is 2. The highest BCUT2D eigenvalue weighted by atomic mass is 79.9. The van der Waals surface area contributed by atoms with Crippen LogP contribution in [-0.4, -0.2) is 15.5 Å². The maximum atomic E-state index is 12.7. The van der Waals surface area contributed by atoms with Gasteiger partial charge in [-0.05, 0) is 30.3 Å². The lowest BCUT2D eigenvalue weighted by molar-refractivity contribution is -0.114. The molecule has 0 aliphatic heterocycles. The van der Waals surface area contributed by atoms with E-state index in [9.17, 15) is 9.59 Å². The standard InChI is InChI=1S/C17H14BrN3O2/c1-10(22)19-13-8-7-11(18)9-12(13)16-17(23)21(2)15-6-4-3-5-14(15)20-16/h3-9H,1-2H3,(H,19,22). The van der Waals surface area contributed by atoms with Crippen molar-refractivity contribution in [3.8, 4) is 11.3 Å². The highest BCUT2D eigenvalue weighted by Gasteiger charge is 2.15. The first kappa shape index (κ1) is 15.4. The number of hydrogen-bond acceptors (Lipinski definition) is 3. The average Bonchev–Trinajstić information content (AvgIpc) is 2.52. The molecule has 0 fully saturated rings. The van der Waals surface area contributed by atoms with Gasteiger partial charge in [-0.3, -0.25) is 9.59 Å². The van der Waals surface area contributed by atoms with Crippen LogP contribution in [0.3, 0.4) is 0 Å². The Morgan fingerprint density at radius 3 is 2.70 bits per heavy atom. The van der Waals surface area contributed by atoms with Crippen LogP contribution in [0.1, 0.15) is 6.92 Å². The van der Waals surface area contributed by atoms with Crippen molar-refractivity contribution in [1.82, 2.24) is 9.55 Å². The summed E-state index contributed by atoms with van der Waals surface area (Å²) in [6.45, 7) is 1.43. The molecule has 6 heteroatoms. The summed E-state index contributed by atoms with van der Waals surface area (Å²) in [5.41, 5.74) is 2.71. The van der Waals surface area contributed by atoms with Crippen molar-refractivity contribution in [2.24, 2.45) is 7.05 Å². The first-order valence-corrected chi connectivity index (χ1v) is 7.80. The molecule has 0 saturated heterocycles. The Morgan fingerprint density at radius 1 is 1.22 bits per heavy atom. The molecule has 0 atom stereocenters. The zero-order chi connectivity index (χ0) is 16.6. The molecule has 0 radical (unpaired) electrons. The highest BCUT2D eigenvalue weighted by molar-refractivity contribution is 9.10. The van der Waals surface area contributed by atoms with E-state index in [-0.39, 0.29) is 11.5 Å². The number of nitrogens with one attached hydrogen (secondary N) is 1. The first-order chi connectivity index (χ1) is 11.0. The van der Waals surface area contributed by atoms with Crippen LogP contribution < -0.4 is 10.9 Å². The number of benzene rings is 2. The van der Waals surface area contributed by atoms with Gasteiger partial charge >= 0.3 is 0 Å². The summed E-state index contributed by atoms with van der Waals surface area (Å²) in [7, 11) is 1.71. The predicted molar refractivity (Wildman–Crippen MR) is 94.4 cm³/mol. The molecule has 0 bridgehead atoms. The van der Waals surface area contributed by atoms with E-state index in [1.807, 2.05) is 24.3 Å². The monoisotopic (exact) mass is 371 g/mol. The fourth-order valence-corrected chi connectivity index (χ4v) is 2.83. The molecule has 1 amide bonds. The van der Waals surface area contributed by atoms with Crippen LogP contribution in [0.5, 0.6) is 0 Å². The van der Waals surface area contributed by atoms with Crippen molar-refractivity contribution in [2.45, 2.75) is 6.92 Å². The van der Waals surface area contributed by atoms with E-state index in [1.54, 1.807) is 29.8 Å². The Labute approximate surface area is 141 Å². The molecular weight excluding hydrogens is 358 g/mol. The maximum Gasteiger partial charge on any atom is 0.277 e. The Bertz CT molecular complexity index is 979. The number of anilines is 1. The van der Waals surface area contributed by atoms with Gasteiger partial charge in [-0.1, -0.05) is 28.1 Å². The van der Waals surface area contributed by atoms with Crippen LogP contribution in [0, 0.1) is 0 Å². The van der Waals surface area contributed by atoms with Crippen LogP contribution in [0.2, 0.25) is 0 Å². The summed E-state index contributed by atoms with van der Waals surface area (Å²) < 4.78 is 2.37. The third-order valence-electron chi connectivity index (χ3n) is 3.53. The van der Waals surface area contributed by atoms with Gasteiger partial charge in [0.1, 0.15) is 5.69 Å². The maximum absolute atomic E-state index is 12.7. The van der Waals surface area contributed by atoms with Gasteiger partial charge < -0.3 is 9.88 Å². The molecule has 0 aliphatic rings. The van der Waals surface area contributed by atoms with Crippen LogP contribution >= 0.6 is 15.9 Å². The molecule has 2 aromatic carbocycles. The van der Waals surface area contributed by atoms with Gasteiger partial charge in [0.2, 0.25) is 5.91 Å². The molecule has 3 aromatic rings. The second-order valence-electron chi connectivity index (χ2n) is 5.18. The van der Waals surface area contributed by atoms with E-state index >= 15 is 0 Å². The molecule has 5 nitrogen and oxygen atoms in total. The highest BCUT2D eigenvalue weighted by Crippen LogP contribution is 2.29. The molecule has 0 unspecified atom stereocenters.